The minimum Gasteiger partial charge on any atom is -0.449 e. The van der Waals surface area contributed by atoms with Crippen LogP contribution >= 0.6 is 0 Å². The predicted molar refractivity (Wildman–Crippen MR) is 79.9 cm³/mol. The summed E-state index contributed by atoms with van der Waals surface area (Å²) in [6.07, 6.45) is -0.957. The largest absolute Gasteiger partial charge is 0.449 e. The van der Waals surface area contributed by atoms with E-state index in [-0.39, 0.29) is 11.8 Å². The van der Waals surface area contributed by atoms with Crippen molar-refractivity contribution in [1.29, 1.82) is 0 Å². The first-order valence-corrected chi connectivity index (χ1v) is 7.10. The first kappa shape index (κ1) is 15.8. The monoisotopic (exact) mass is 330 g/mol. The molecule has 5 nitrogen and oxygen atoms in total. The Morgan fingerprint density at radius 3 is 2.38 bits per heavy atom. The van der Waals surface area contributed by atoms with Gasteiger partial charge >= 0.3 is 5.97 Å². The lowest BCUT2D eigenvalue weighted by molar-refractivity contribution is 0.0269. The predicted octanol–water partition coefficient (Wildman–Crippen LogP) is 3.93. The van der Waals surface area contributed by atoms with Gasteiger partial charge in [0.2, 0.25) is 5.89 Å². The fourth-order valence-corrected chi connectivity index (χ4v) is 2.06. The van der Waals surface area contributed by atoms with Gasteiger partial charge < -0.3 is 9.15 Å². The van der Waals surface area contributed by atoms with Gasteiger partial charge in [0.15, 0.2) is 6.10 Å². The van der Waals surface area contributed by atoms with E-state index >= 15 is 0 Å². The summed E-state index contributed by atoms with van der Waals surface area (Å²) >= 11 is 0. The Hall–Kier alpha value is -3.09. The third-order valence-electron chi connectivity index (χ3n) is 3.26. The number of aromatic nitrogens is 2. The third-order valence-corrected chi connectivity index (χ3v) is 3.26. The lowest BCUT2D eigenvalue weighted by atomic mass is 10.2. The Morgan fingerprint density at radius 1 is 1.04 bits per heavy atom. The molecule has 1 heterocycles. The quantitative estimate of drug-likeness (QED) is 0.678. The van der Waals surface area contributed by atoms with Crippen molar-refractivity contribution in [2.75, 3.05) is 0 Å². The maximum atomic E-state index is 13.6. The molecule has 0 fully saturated rings. The second-order valence-electron chi connectivity index (χ2n) is 4.96. The van der Waals surface area contributed by atoms with Crippen LogP contribution in [0.2, 0.25) is 0 Å². The summed E-state index contributed by atoms with van der Waals surface area (Å²) in [5, 5.41) is 7.67. The Kier molecular flexibility index (Phi) is 4.33. The fraction of sp³-hybridized carbons (Fsp3) is 0.118. The number of benzene rings is 2. The van der Waals surface area contributed by atoms with E-state index in [4.69, 9.17) is 9.15 Å². The molecule has 2 aromatic carbocycles. The highest BCUT2D eigenvalue weighted by Crippen LogP contribution is 2.23. The number of carbonyl (C=O) groups excluding carboxylic acids is 1. The van der Waals surface area contributed by atoms with Crippen molar-refractivity contribution in [1.82, 2.24) is 10.2 Å². The van der Waals surface area contributed by atoms with Crippen LogP contribution in [0.25, 0.3) is 11.5 Å². The summed E-state index contributed by atoms with van der Waals surface area (Å²) in [6.45, 7) is 1.47. The van der Waals surface area contributed by atoms with E-state index in [2.05, 4.69) is 10.2 Å². The molecular formula is C17H12F2N2O3. The molecular weight excluding hydrogens is 318 g/mol. The zero-order valence-electron chi connectivity index (χ0n) is 12.6. The van der Waals surface area contributed by atoms with E-state index in [1.54, 1.807) is 12.1 Å². The second-order valence-corrected chi connectivity index (χ2v) is 4.96. The average molecular weight is 330 g/mol. The number of ether oxygens (including phenoxy) is 1. The van der Waals surface area contributed by atoms with Crippen LogP contribution in [0.1, 0.15) is 29.3 Å². The Bertz CT molecular complexity index is 845. The summed E-state index contributed by atoms with van der Waals surface area (Å²) in [4.78, 5) is 12.0. The van der Waals surface area contributed by atoms with Crippen LogP contribution in [0.4, 0.5) is 8.78 Å². The summed E-state index contributed by atoms with van der Waals surface area (Å²) in [7, 11) is 0. The number of halogens is 2. The van der Waals surface area contributed by atoms with Crippen LogP contribution in [0.5, 0.6) is 0 Å². The Labute approximate surface area is 135 Å². The molecule has 0 saturated heterocycles. The van der Waals surface area contributed by atoms with Crippen molar-refractivity contribution in [2.24, 2.45) is 0 Å². The van der Waals surface area contributed by atoms with Crippen molar-refractivity contribution in [3.8, 4) is 11.5 Å². The van der Waals surface area contributed by atoms with Crippen LogP contribution in [0, 0.1) is 11.6 Å². The van der Waals surface area contributed by atoms with Gasteiger partial charge in [-0.3, -0.25) is 0 Å². The van der Waals surface area contributed by atoms with Crippen molar-refractivity contribution in [2.45, 2.75) is 13.0 Å². The van der Waals surface area contributed by atoms with Crippen molar-refractivity contribution < 1.29 is 22.7 Å². The summed E-state index contributed by atoms with van der Waals surface area (Å²) in [5.41, 5.74) is -0.0536. The maximum Gasteiger partial charge on any atom is 0.344 e. The highest BCUT2D eigenvalue weighted by molar-refractivity contribution is 5.90. The van der Waals surface area contributed by atoms with Crippen LogP contribution in [0.15, 0.2) is 52.9 Å². The lowest BCUT2D eigenvalue weighted by Gasteiger charge is -2.10. The van der Waals surface area contributed by atoms with Gasteiger partial charge in [-0.2, -0.15) is 0 Å². The third kappa shape index (κ3) is 3.15. The fourth-order valence-electron chi connectivity index (χ4n) is 2.06. The maximum absolute atomic E-state index is 13.6. The molecule has 1 atom stereocenters. The molecule has 7 heteroatoms. The number of nitrogens with zero attached hydrogens (tertiary/aromatic N) is 2. The molecule has 0 aliphatic heterocycles. The molecule has 0 bridgehead atoms. The van der Waals surface area contributed by atoms with Crippen molar-refractivity contribution in [3.63, 3.8) is 0 Å². The highest BCUT2D eigenvalue weighted by atomic mass is 19.1. The van der Waals surface area contributed by atoms with E-state index < -0.39 is 29.3 Å². The van der Waals surface area contributed by atoms with Gasteiger partial charge in [-0.15, -0.1) is 10.2 Å². The SMILES string of the molecule is C[C@@H](OC(=O)c1c(F)cccc1F)c1nnc(-c2ccccc2)o1. The molecule has 0 aliphatic rings. The van der Waals surface area contributed by atoms with Crippen LogP contribution in [-0.4, -0.2) is 16.2 Å². The molecule has 122 valence electrons. The van der Waals surface area contributed by atoms with Gasteiger partial charge in [0.25, 0.3) is 5.89 Å². The number of hydrogen-bond donors (Lipinski definition) is 0. The van der Waals surface area contributed by atoms with E-state index in [9.17, 15) is 13.6 Å². The Morgan fingerprint density at radius 2 is 1.71 bits per heavy atom. The van der Waals surface area contributed by atoms with Crippen LogP contribution in [0.3, 0.4) is 0 Å². The first-order valence-electron chi connectivity index (χ1n) is 7.10. The number of rotatable bonds is 4. The molecule has 0 N–H and O–H groups in total. The van der Waals surface area contributed by atoms with E-state index in [0.717, 1.165) is 18.2 Å². The summed E-state index contributed by atoms with van der Waals surface area (Å²) in [5.74, 6) is -2.85. The number of esters is 1. The van der Waals surface area contributed by atoms with Crippen molar-refractivity contribution in [3.05, 3.63) is 71.6 Å². The zero-order valence-corrected chi connectivity index (χ0v) is 12.6. The molecule has 3 rings (SSSR count). The van der Waals surface area contributed by atoms with Crippen LogP contribution < -0.4 is 0 Å². The van der Waals surface area contributed by atoms with Gasteiger partial charge in [0.05, 0.1) is 0 Å². The minimum absolute atomic E-state index is 0.0268. The van der Waals surface area contributed by atoms with E-state index in [1.165, 1.54) is 6.92 Å². The molecule has 0 aliphatic carbocycles. The molecule has 0 spiro atoms. The molecule has 24 heavy (non-hydrogen) atoms. The standard InChI is InChI=1S/C17H12F2N2O3/c1-10(23-17(22)14-12(18)8-5-9-13(14)19)15-20-21-16(24-15)11-6-3-2-4-7-11/h2-10H,1H3/t10-/m1/s1. The summed E-state index contributed by atoms with van der Waals surface area (Å²) < 4.78 is 37.6. The second kappa shape index (κ2) is 6.57. The van der Waals surface area contributed by atoms with Crippen molar-refractivity contribution >= 4 is 5.97 Å². The highest BCUT2D eigenvalue weighted by Gasteiger charge is 2.24. The van der Waals surface area contributed by atoms with E-state index in [1.807, 2.05) is 18.2 Å². The van der Waals surface area contributed by atoms with E-state index in [0.29, 0.717) is 5.56 Å². The topological polar surface area (TPSA) is 65.2 Å². The minimum atomic E-state index is -1.14. The number of hydrogen-bond acceptors (Lipinski definition) is 5. The zero-order chi connectivity index (χ0) is 17.1. The average Bonchev–Trinajstić information content (AvgIpc) is 3.05. The normalized spacial score (nSPS) is 12.0. The molecule has 0 amide bonds. The van der Waals surface area contributed by atoms with Gasteiger partial charge in [0, 0.05) is 5.56 Å². The molecule has 0 unspecified atom stereocenters. The molecule has 1 aromatic heterocycles. The molecule has 3 aromatic rings. The Balaban J connectivity index is 1.77. The lowest BCUT2D eigenvalue weighted by Crippen LogP contribution is -2.13. The smallest absolute Gasteiger partial charge is 0.344 e. The van der Waals surface area contributed by atoms with Crippen LogP contribution in [-0.2, 0) is 4.74 Å². The molecule has 0 saturated carbocycles. The van der Waals surface area contributed by atoms with Gasteiger partial charge in [-0.1, -0.05) is 24.3 Å². The first-order chi connectivity index (χ1) is 11.6. The number of carbonyl (C=O) groups is 1. The van der Waals surface area contributed by atoms with Gasteiger partial charge in [-0.25, -0.2) is 13.6 Å². The van der Waals surface area contributed by atoms with Gasteiger partial charge in [-0.05, 0) is 31.2 Å². The molecule has 0 radical (unpaired) electrons. The van der Waals surface area contributed by atoms with Gasteiger partial charge in [0.1, 0.15) is 17.2 Å². The summed E-state index contributed by atoms with van der Waals surface area (Å²) in [6, 6.07) is 12.1.